The smallest absolute Gasteiger partial charge is 0.184 e. The monoisotopic (exact) mass is 262 g/mol. The zero-order valence-corrected chi connectivity index (χ0v) is 11.2. The number of hydrogen-bond acceptors (Lipinski definition) is 3. The van der Waals surface area contributed by atoms with E-state index >= 15 is 0 Å². The van der Waals surface area contributed by atoms with Crippen LogP contribution < -0.4 is 0 Å². The highest BCUT2D eigenvalue weighted by Gasteiger charge is 2.39. The molecule has 1 aromatic heterocycles. The fraction of sp³-hybridized carbons (Fsp3) is 0.600. The molecule has 3 nitrogen and oxygen atoms in total. The summed E-state index contributed by atoms with van der Waals surface area (Å²) in [7, 11) is 2.17. The molecule has 2 aliphatic rings. The lowest BCUT2D eigenvalue weighted by molar-refractivity contribution is 0.0336. The predicted molar refractivity (Wildman–Crippen MR) is 70.4 cm³/mol. The Hall–Kier alpha value is -1.29. The van der Waals surface area contributed by atoms with Crippen molar-refractivity contribution in [1.82, 2.24) is 9.88 Å². The van der Waals surface area contributed by atoms with Gasteiger partial charge in [0.05, 0.1) is 6.20 Å². The normalized spacial score (nSPS) is 31.2. The zero-order valence-electron chi connectivity index (χ0n) is 11.2. The Morgan fingerprint density at radius 1 is 1.32 bits per heavy atom. The van der Waals surface area contributed by atoms with Crippen molar-refractivity contribution in [3.05, 3.63) is 29.8 Å². The molecule has 4 heteroatoms. The van der Waals surface area contributed by atoms with Crippen LogP contribution in [0, 0.1) is 11.7 Å². The van der Waals surface area contributed by atoms with E-state index in [0.717, 1.165) is 19.0 Å². The molecule has 0 amide bonds. The lowest BCUT2D eigenvalue weighted by Crippen LogP contribution is -2.51. The number of nitrogens with zero attached hydrogens (tertiary/aromatic N) is 2. The van der Waals surface area contributed by atoms with Crippen LogP contribution in [0.3, 0.4) is 0 Å². The first-order chi connectivity index (χ1) is 9.15. The van der Waals surface area contributed by atoms with E-state index in [1.54, 1.807) is 0 Å². The summed E-state index contributed by atoms with van der Waals surface area (Å²) in [6.07, 6.45) is 6.62. The number of carbonyl (C=O) groups is 1. The van der Waals surface area contributed by atoms with Crippen molar-refractivity contribution in [2.24, 2.45) is 5.92 Å². The van der Waals surface area contributed by atoms with Crippen molar-refractivity contribution in [2.45, 2.75) is 44.2 Å². The Bertz CT molecular complexity index is 460. The van der Waals surface area contributed by atoms with Gasteiger partial charge in [0.1, 0.15) is 11.5 Å². The van der Waals surface area contributed by atoms with E-state index in [1.807, 2.05) is 0 Å². The second-order valence-electron chi connectivity index (χ2n) is 5.80. The Morgan fingerprint density at radius 3 is 2.58 bits per heavy atom. The maximum Gasteiger partial charge on any atom is 0.184 e. The molecule has 2 fully saturated rings. The summed E-state index contributed by atoms with van der Waals surface area (Å²) in [5.74, 6) is -0.244. The summed E-state index contributed by atoms with van der Waals surface area (Å²) in [6.45, 7) is 0. The molecule has 2 atom stereocenters. The molecule has 2 aliphatic heterocycles. The second kappa shape index (κ2) is 5.00. The Labute approximate surface area is 112 Å². The molecule has 0 aliphatic carbocycles. The molecule has 3 rings (SSSR count). The first-order valence-electron chi connectivity index (χ1n) is 7.03. The van der Waals surface area contributed by atoms with E-state index in [-0.39, 0.29) is 11.7 Å². The zero-order chi connectivity index (χ0) is 13.4. The van der Waals surface area contributed by atoms with Gasteiger partial charge in [-0.05, 0) is 44.9 Å². The van der Waals surface area contributed by atoms with Gasteiger partial charge in [0.25, 0.3) is 0 Å². The number of ketones is 1. The van der Waals surface area contributed by atoms with E-state index in [1.165, 1.54) is 31.4 Å². The number of rotatable bonds is 2. The topological polar surface area (TPSA) is 33.2 Å². The summed E-state index contributed by atoms with van der Waals surface area (Å²) in [5.41, 5.74) is 0.411. The number of pyridine rings is 1. The summed E-state index contributed by atoms with van der Waals surface area (Å²) in [4.78, 5) is 18.8. The minimum absolute atomic E-state index is 0.0597. The molecule has 2 unspecified atom stereocenters. The summed E-state index contributed by atoms with van der Waals surface area (Å²) in [5, 5.41) is 0. The molecule has 0 N–H and O–H groups in total. The lowest BCUT2D eigenvalue weighted by atomic mass is 9.76. The average molecular weight is 262 g/mol. The third kappa shape index (κ3) is 2.41. The molecule has 0 radical (unpaired) electrons. The van der Waals surface area contributed by atoms with Gasteiger partial charge in [0, 0.05) is 18.0 Å². The van der Waals surface area contributed by atoms with Gasteiger partial charge in [-0.1, -0.05) is 6.42 Å². The van der Waals surface area contributed by atoms with Crippen molar-refractivity contribution in [3.63, 3.8) is 0 Å². The van der Waals surface area contributed by atoms with Crippen LogP contribution in [-0.4, -0.2) is 34.8 Å². The van der Waals surface area contributed by atoms with Crippen LogP contribution in [0.25, 0.3) is 0 Å². The van der Waals surface area contributed by atoms with Gasteiger partial charge in [-0.15, -0.1) is 0 Å². The third-order valence-electron chi connectivity index (χ3n) is 4.69. The van der Waals surface area contributed by atoms with Gasteiger partial charge in [-0.3, -0.25) is 9.78 Å². The van der Waals surface area contributed by atoms with E-state index in [0.29, 0.717) is 17.8 Å². The molecular formula is C15H19FN2O. The van der Waals surface area contributed by atoms with Gasteiger partial charge in [0.2, 0.25) is 0 Å². The summed E-state index contributed by atoms with van der Waals surface area (Å²) in [6, 6.07) is 3.88. The van der Waals surface area contributed by atoms with Crippen LogP contribution >= 0.6 is 0 Å². The van der Waals surface area contributed by atoms with Gasteiger partial charge in [-0.2, -0.15) is 0 Å². The van der Waals surface area contributed by atoms with Gasteiger partial charge >= 0.3 is 0 Å². The summed E-state index contributed by atoms with van der Waals surface area (Å²) < 4.78 is 12.9. The minimum atomic E-state index is -0.392. The highest BCUT2D eigenvalue weighted by atomic mass is 19.1. The van der Waals surface area contributed by atoms with Crippen LogP contribution in [0.5, 0.6) is 0 Å². The largest absolute Gasteiger partial charge is 0.300 e. The third-order valence-corrected chi connectivity index (χ3v) is 4.69. The maximum atomic E-state index is 12.9. The standard InChI is InChI=1S/C15H19FN2O/c1-18-12-3-2-4-13(18)8-10(7-12)15(19)14-6-5-11(16)9-17-14/h5-6,9-10,12-13H,2-4,7-8H2,1H3. The van der Waals surface area contributed by atoms with Crippen LogP contribution in [0.15, 0.2) is 18.3 Å². The van der Waals surface area contributed by atoms with E-state index in [9.17, 15) is 9.18 Å². The van der Waals surface area contributed by atoms with Crippen molar-refractivity contribution < 1.29 is 9.18 Å². The number of aromatic nitrogens is 1. The molecule has 2 saturated heterocycles. The summed E-state index contributed by atoms with van der Waals surface area (Å²) >= 11 is 0. The molecular weight excluding hydrogens is 243 g/mol. The van der Waals surface area contributed by atoms with Gasteiger partial charge in [-0.25, -0.2) is 4.39 Å². The molecule has 0 saturated carbocycles. The Kier molecular flexibility index (Phi) is 3.35. The van der Waals surface area contributed by atoms with E-state index in [4.69, 9.17) is 0 Å². The minimum Gasteiger partial charge on any atom is -0.300 e. The fourth-order valence-corrected chi connectivity index (χ4v) is 3.56. The van der Waals surface area contributed by atoms with Crippen LogP contribution in [0.4, 0.5) is 4.39 Å². The Morgan fingerprint density at radius 2 is 2.00 bits per heavy atom. The predicted octanol–water partition coefficient (Wildman–Crippen LogP) is 2.67. The van der Waals surface area contributed by atoms with Crippen molar-refractivity contribution in [1.29, 1.82) is 0 Å². The number of halogens is 1. The van der Waals surface area contributed by atoms with Gasteiger partial charge in [0.15, 0.2) is 5.78 Å². The van der Waals surface area contributed by atoms with E-state index in [2.05, 4.69) is 16.9 Å². The second-order valence-corrected chi connectivity index (χ2v) is 5.80. The van der Waals surface area contributed by atoms with Crippen LogP contribution in [-0.2, 0) is 0 Å². The molecule has 2 bridgehead atoms. The number of carbonyl (C=O) groups excluding carboxylic acids is 1. The first kappa shape index (κ1) is 12.7. The highest BCUT2D eigenvalue weighted by molar-refractivity contribution is 5.96. The maximum absolute atomic E-state index is 12.9. The van der Waals surface area contributed by atoms with Crippen molar-refractivity contribution >= 4 is 5.78 Å². The highest BCUT2D eigenvalue weighted by Crippen LogP contribution is 2.36. The first-order valence-corrected chi connectivity index (χ1v) is 7.03. The average Bonchev–Trinajstić information content (AvgIpc) is 2.38. The van der Waals surface area contributed by atoms with Crippen molar-refractivity contribution in [2.75, 3.05) is 7.05 Å². The van der Waals surface area contributed by atoms with Crippen molar-refractivity contribution in [3.8, 4) is 0 Å². The van der Waals surface area contributed by atoms with Gasteiger partial charge < -0.3 is 4.90 Å². The Balaban J connectivity index is 1.76. The molecule has 102 valence electrons. The molecule has 0 aromatic carbocycles. The number of hydrogen-bond donors (Lipinski definition) is 0. The van der Waals surface area contributed by atoms with Crippen LogP contribution in [0.2, 0.25) is 0 Å². The lowest BCUT2D eigenvalue weighted by Gasteiger charge is -2.46. The molecule has 1 aromatic rings. The molecule has 3 heterocycles. The molecule has 0 spiro atoms. The number of piperidine rings is 2. The molecule has 19 heavy (non-hydrogen) atoms. The number of fused-ring (bicyclic) bond motifs is 2. The SMILES string of the molecule is CN1C2CCCC1CC(C(=O)c1ccc(F)cn1)C2. The quantitative estimate of drug-likeness (QED) is 0.768. The fourth-order valence-electron chi connectivity index (χ4n) is 3.56. The van der Waals surface area contributed by atoms with Crippen LogP contribution in [0.1, 0.15) is 42.6 Å². The number of Topliss-reactive ketones (excluding diaryl/α,β-unsaturated/α-hetero) is 1. The van der Waals surface area contributed by atoms with E-state index < -0.39 is 5.82 Å².